The second-order valence-electron chi connectivity index (χ2n) is 3.67. The monoisotopic (exact) mass is 237 g/mol. The molecule has 0 radical (unpaired) electrons. The summed E-state index contributed by atoms with van der Waals surface area (Å²) >= 11 is 0. The van der Waals surface area contributed by atoms with Crippen molar-refractivity contribution in [3.8, 4) is 5.75 Å². The molecule has 1 amide bonds. The van der Waals surface area contributed by atoms with Crippen molar-refractivity contribution in [3.63, 3.8) is 0 Å². The fourth-order valence-corrected chi connectivity index (χ4v) is 1.67. The standard InChI is InChI=1S/C10H11N3O4/c1-17-9-4-6(13(15)16)2-3-8(9)12-5-7(11)10(12)14/h2-4,7H,5,11H2,1H3. The summed E-state index contributed by atoms with van der Waals surface area (Å²) in [6, 6.07) is 3.61. The highest BCUT2D eigenvalue weighted by Gasteiger charge is 2.36. The van der Waals surface area contributed by atoms with Gasteiger partial charge in [0.1, 0.15) is 11.8 Å². The van der Waals surface area contributed by atoms with Crippen LogP contribution in [-0.2, 0) is 4.79 Å². The molecule has 0 spiro atoms. The molecule has 1 saturated heterocycles. The van der Waals surface area contributed by atoms with Gasteiger partial charge in [0.25, 0.3) is 5.69 Å². The zero-order chi connectivity index (χ0) is 12.6. The van der Waals surface area contributed by atoms with Crippen molar-refractivity contribution in [2.24, 2.45) is 5.73 Å². The Morgan fingerprint density at radius 1 is 1.59 bits per heavy atom. The summed E-state index contributed by atoms with van der Waals surface area (Å²) in [7, 11) is 1.40. The number of hydrogen-bond acceptors (Lipinski definition) is 5. The van der Waals surface area contributed by atoms with Crippen molar-refractivity contribution in [1.82, 2.24) is 0 Å². The molecule has 1 aliphatic heterocycles. The number of nitro groups is 1. The number of carbonyl (C=O) groups excluding carboxylic acids is 1. The normalized spacial score (nSPS) is 18.8. The zero-order valence-corrected chi connectivity index (χ0v) is 9.12. The van der Waals surface area contributed by atoms with Crippen LogP contribution >= 0.6 is 0 Å². The van der Waals surface area contributed by atoms with Crippen molar-refractivity contribution in [2.45, 2.75) is 6.04 Å². The van der Waals surface area contributed by atoms with E-state index in [4.69, 9.17) is 10.5 Å². The van der Waals surface area contributed by atoms with Crippen LogP contribution in [0.5, 0.6) is 5.75 Å². The van der Waals surface area contributed by atoms with E-state index in [1.807, 2.05) is 0 Å². The third-order valence-electron chi connectivity index (χ3n) is 2.63. The number of nitrogens with two attached hydrogens (primary N) is 1. The predicted octanol–water partition coefficient (Wildman–Crippen LogP) is 0.277. The highest BCUT2D eigenvalue weighted by Crippen LogP contribution is 2.34. The van der Waals surface area contributed by atoms with E-state index in [-0.39, 0.29) is 11.6 Å². The van der Waals surface area contributed by atoms with Crippen molar-refractivity contribution < 1.29 is 14.5 Å². The van der Waals surface area contributed by atoms with Gasteiger partial charge in [0.05, 0.1) is 30.3 Å². The summed E-state index contributed by atoms with van der Waals surface area (Å²) in [6.07, 6.45) is 0. The van der Waals surface area contributed by atoms with Gasteiger partial charge in [-0.3, -0.25) is 14.9 Å². The highest BCUT2D eigenvalue weighted by molar-refractivity contribution is 6.05. The molecule has 0 bridgehead atoms. The molecule has 90 valence electrons. The van der Waals surface area contributed by atoms with Crippen LogP contribution < -0.4 is 15.4 Å². The lowest BCUT2D eigenvalue weighted by atomic mass is 10.1. The summed E-state index contributed by atoms with van der Waals surface area (Å²) in [5, 5.41) is 10.6. The average molecular weight is 237 g/mol. The van der Waals surface area contributed by atoms with Gasteiger partial charge in [-0.05, 0) is 6.07 Å². The molecule has 0 aliphatic carbocycles. The summed E-state index contributed by atoms with van der Waals surface area (Å²) < 4.78 is 5.04. The van der Waals surface area contributed by atoms with Gasteiger partial charge < -0.3 is 15.4 Å². The number of benzene rings is 1. The molecule has 1 aromatic rings. The first-order valence-electron chi connectivity index (χ1n) is 4.94. The first kappa shape index (κ1) is 11.3. The first-order chi connectivity index (χ1) is 8.04. The Labute approximate surface area is 96.9 Å². The number of hydrogen-bond donors (Lipinski definition) is 1. The minimum Gasteiger partial charge on any atom is -0.494 e. The molecule has 1 aliphatic rings. The van der Waals surface area contributed by atoms with E-state index in [0.717, 1.165) is 0 Å². The fourth-order valence-electron chi connectivity index (χ4n) is 1.67. The lowest BCUT2D eigenvalue weighted by molar-refractivity contribution is -0.384. The van der Waals surface area contributed by atoms with Crippen LogP contribution in [0.3, 0.4) is 0 Å². The second-order valence-corrected chi connectivity index (χ2v) is 3.67. The molecular weight excluding hydrogens is 226 g/mol. The number of nitrogens with zero attached hydrogens (tertiary/aromatic N) is 2. The minimum atomic E-state index is -0.518. The van der Waals surface area contributed by atoms with Gasteiger partial charge in [-0.15, -0.1) is 0 Å². The SMILES string of the molecule is COc1cc([N+](=O)[O-])ccc1N1CC(N)C1=O. The number of nitro benzene ring substituents is 1. The number of methoxy groups -OCH3 is 1. The number of non-ortho nitro benzene ring substituents is 1. The van der Waals surface area contributed by atoms with Gasteiger partial charge in [0.15, 0.2) is 0 Å². The molecule has 1 fully saturated rings. The number of carbonyl (C=O) groups is 1. The summed E-state index contributed by atoms with van der Waals surface area (Å²) in [5.41, 5.74) is 5.90. The minimum absolute atomic E-state index is 0.0807. The van der Waals surface area contributed by atoms with Crippen LogP contribution in [0.1, 0.15) is 0 Å². The van der Waals surface area contributed by atoms with E-state index >= 15 is 0 Å². The number of anilines is 1. The molecule has 1 heterocycles. The number of β-lactam (4-membered cyclic amide) rings is 1. The van der Waals surface area contributed by atoms with Crippen LogP contribution in [0.4, 0.5) is 11.4 Å². The summed E-state index contributed by atoms with van der Waals surface area (Å²) in [6.45, 7) is 0.396. The summed E-state index contributed by atoms with van der Waals surface area (Å²) in [4.78, 5) is 23.0. The van der Waals surface area contributed by atoms with Crippen molar-refractivity contribution in [1.29, 1.82) is 0 Å². The van der Waals surface area contributed by atoms with E-state index in [1.54, 1.807) is 0 Å². The largest absolute Gasteiger partial charge is 0.494 e. The maximum absolute atomic E-state index is 11.5. The van der Waals surface area contributed by atoms with Crippen molar-refractivity contribution in [3.05, 3.63) is 28.3 Å². The molecule has 2 rings (SSSR count). The molecule has 7 heteroatoms. The maximum atomic E-state index is 11.5. The van der Waals surface area contributed by atoms with Crippen LogP contribution in [0.25, 0.3) is 0 Å². The Hall–Kier alpha value is -2.15. The van der Waals surface area contributed by atoms with E-state index in [1.165, 1.54) is 30.2 Å². The molecule has 0 saturated carbocycles. The molecule has 1 atom stereocenters. The Morgan fingerprint density at radius 2 is 2.29 bits per heavy atom. The fraction of sp³-hybridized carbons (Fsp3) is 0.300. The van der Waals surface area contributed by atoms with E-state index < -0.39 is 11.0 Å². The van der Waals surface area contributed by atoms with Gasteiger partial charge in [-0.25, -0.2) is 0 Å². The Kier molecular flexibility index (Phi) is 2.68. The van der Waals surface area contributed by atoms with Gasteiger partial charge in [0, 0.05) is 6.07 Å². The van der Waals surface area contributed by atoms with Crippen molar-refractivity contribution >= 4 is 17.3 Å². The zero-order valence-electron chi connectivity index (χ0n) is 9.12. The quantitative estimate of drug-likeness (QED) is 0.462. The lowest BCUT2D eigenvalue weighted by Crippen LogP contribution is -2.61. The van der Waals surface area contributed by atoms with Crippen LogP contribution in [-0.4, -0.2) is 30.5 Å². The second kappa shape index (κ2) is 4.02. The van der Waals surface area contributed by atoms with E-state index in [9.17, 15) is 14.9 Å². The molecule has 1 aromatic carbocycles. The van der Waals surface area contributed by atoms with Gasteiger partial charge >= 0.3 is 0 Å². The number of amides is 1. The predicted molar refractivity (Wildman–Crippen MR) is 60.0 cm³/mol. The molecule has 0 aromatic heterocycles. The van der Waals surface area contributed by atoms with Gasteiger partial charge in [-0.2, -0.15) is 0 Å². The first-order valence-corrected chi connectivity index (χ1v) is 4.94. The average Bonchev–Trinajstić information content (AvgIpc) is 2.34. The topological polar surface area (TPSA) is 98.7 Å². The van der Waals surface area contributed by atoms with Gasteiger partial charge in [-0.1, -0.05) is 0 Å². The van der Waals surface area contributed by atoms with Crippen LogP contribution in [0.2, 0.25) is 0 Å². The maximum Gasteiger partial charge on any atom is 0.273 e. The Balaban J connectivity index is 2.35. The molecule has 7 nitrogen and oxygen atoms in total. The van der Waals surface area contributed by atoms with Gasteiger partial charge in [0.2, 0.25) is 5.91 Å². The van der Waals surface area contributed by atoms with Crippen LogP contribution in [0.15, 0.2) is 18.2 Å². The Bertz CT molecular complexity index is 488. The molecular formula is C10H11N3O4. The smallest absolute Gasteiger partial charge is 0.273 e. The number of ether oxygens (including phenoxy) is 1. The third-order valence-corrected chi connectivity index (χ3v) is 2.63. The third kappa shape index (κ3) is 1.80. The van der Waals surface area contributed by atoms with E-state index in [2.05, 4.69) is 0 Å². The Morgan fingerprint density at radius 3 is 2.76 bits per heavy atom. The molecule has 2 N–H and O–H groups in total. The van der Waals surface area contributed by atoms with Crippen LogP contribution in [0, 0.1) is 10.1 Å². The molecule has 1 unspecified atom stereocenters. The van der Waals surface area contributed by atoms with Crippen molar-refractivity contribution in [2.75, 3.05) is 18.6 Å². The number of rotatable bonds is 3. The highest BCUT2D eigenvalue weighted by atomic mass is 16.6. The lowest BCUT2D eigenvalue weighted by Gasteiger charge is -2.36. The molecule has 17 heavy (non-hydrogen) atoms. The summed E-state index contributed by atoms with van der Waals surface area (Å²) in [5.74, 6) is 0.0802. The van der Waals surface area contributed by atoms with E-state index in [0.29, 0.717) is 18.0 Å².